The lowest BCUT2D eigenvalue weighted by Gasteiger charge is -2.09. The first-order chi connectivity index (χ1) is 16.0. The molecule has 2 aromatic heterocycles. The zero-order chi connectivity index (χ0) is 23.2. The molecule has 33 heavy (non-hydrogen) atoms. The van der Waals surface area contributed by atoms with Crippen molar-refractivity contribution in [1.82, 2.24) is 19.5 Å². The highest BCUT2D eigenvalue weighted by atomic mass is 32.2. The van der Waals surface area contributed by atoms with Crippen molar-refractivity contribution in [3.8, 4) is 11.3 Å². The van der Waals surface area contributed by atoms with Crippen molar-refractivity contribution in [3.05, 3.63) is 84.6 Å². The van der Waals surface area contributed by atoms with Crippen LogP contribution in [0.25, 0.3) is 11.3 Å². The van der Waals surface area contributed by atoms with Crippen LogP contribution in [0.4, 0.5) is 11.4 Å². The van der Waals surface area contributed by atoms with Gasteiger partial charge in [0.05, 0.1) is 11.4 Å². The summed E-state index contributed by atoms with van der Waals surface area (Å²) in [5.41, 5.74) is 3.45. The number of aromatic nitrogens is 4. The van der Waals surface area contributed by atoms with Gasteiger partial charge in [0.25, 0.3) is 5.91 Å². The number of aryl methyl sites for hydroxylation is 2. The van der Waals surface area contributed by atoms with Crippen molar-refractivity contribution in [3.63, 3.8) is 0 Å². The Morgan fingerprint density at radius 2 is 1.79 bits per heavy atom. The number of benzene rings is 2. The topological polar surface area (TPSA) is 102 Å². The molecule has 0 fully saturated rings. The van der Waals surface area contributed by atoms with E-state index in [0.717, 1.165) is 16.4 Å². The van der Waals surface area contributed by atoms with E-state index in [4.69, 9.17) is 0 Å². The summed E-state index contributed by atoms with van der Waals surface area (Å²) >= 11 is 1.36. The van der Waals surface area contributed by atoms with Crippen LogP contribution < -0.4 is 10.6 Å². The molecule has 166 valence electrons. The van der Waals surface area contributed by atoms with Crippen LogP contribution >= 0.6 is 11.8 Å². The summed E-state index contributed by atoms with van der Waals surface area (Å²) in [6.07, 6.45) is 5.23. The summed E-state index contributed by atoms with van der Waals surface area (Å²) in [5, 5.41) is 6.51. The Labute approximate surface area is 195 Å². The second kappa shape index (κ2) is 10.1. The molecule has 0 spiro atoms. The molecule has 0 saturated heterocycles. The van der Waals surface area contributed by atoms with Gasteiger partial charge in [-0.05, 0) is 49.4 Å². The predicted octanol–water partition coefficient (Wildman–Crippen LogP) is 4.17. The van der Waals surface area contributed by atoms with Gasteiger partial charge in [-0.15, -0.1) is 0 Å². The molecular formula is C24H22N6O2S. The summed E-state index contributed by atoms with van der Waals surface area (Å²) in [5.74, 6) is 0.547. The third kappa shape index (κ3) is 5.83. The predicted molar refractivity (Wildman–Crippen MR) is 129 cm³/mol. The van der Waals surface area contributed by atoms with E-state index in [-0.39, 0.29) is 17.6 Å². The Hall–Kier alpha value is -3.98. The fourth-order valence-electron chi connectivity index (χ4n) is 3.10. The van der Waals surface area contributed by atoms with Gasteiger partial charge in [-0.25, -0.2) is 15.0 Å². The van der Waals surface area contributed by atoms with Gasteiger partial charge in [-0.3, -0.25) is 9.59 Å². The van der Waals surface area contributed by atoms with Gasteiger partial charge >= 0.3 is 0 Å². The highest BCUT2D eigenvalue weighted by Crippen LogP contribution is 2.21. The molecule has 0 bridgehead atoms. The quantitative estimate of drug-likeness (QED) is 0.403. The van der Waals surface area contributed by atoms with E-state index in [1.54, 1.807) is 36.7 Å². The van der Waals surface area contributed by atoms with E-state index in [0.29, 0.717) is 22.8 Å². The first-order valence-electron chi connectivity index (χ1n) is 10.2. The first kappa shape index (κ1) is 22.2. The lowest BCUT2D eigenvalue weighted by Crippen LogP contribution is -2.15. The monoisotopic (exact) mass is 458 g/mol. The van der Waals surface area contributed by atoms with Crippen molar-refractivity contribution < 1.29 is 9.59 Å². The molecule has 2 aromatic carbocycles. The normalized spacial score (nSPS) is 10.6. The van der Waals surface area contributed by atoms with Crippen molar-refractivity contribution in [2.45, 2.75) is 12.1 Å². The van der Waals surface area contributed by atoms with Crippen LogP contribution in [0.15, 0.2) is 78.3 Å². The molecule has 8 nitrogen and oxygen atoms in total. The second-order valence-electron chi connectivity index (χ2n) is 7.26. The fourth-order valence-corrected chi connectivity index (χ4v) is 3.83. The minimum Gasteiger partial charge on any atom is -0.329 e. The maximum Gasteiger partial charge on any atom is 0.255 e. The molecule has 9 heteroatoms. The molecule has 4 rings (SSSR count). The van der Waals surface area contributed by atoms with Gasteiger partial charge in [0.1, 0.15) is 5.82 Å². The maximum atomic E-state index is 12.7. The Kier molecular flexibility index (Phi) is 6.80. The summed E-state index contributed by atoms with van der Waals surface area (Å²) in [6, 6.07) is 16.1. The Bertz CT molecular complexity index is 1290. The number of hydrogen-bond acceptors (Lipinski definition) is 6. The maximum absolute atomic E-state index is 12.7. The Morgan fingerprint density at radius 3 is 2.52 bits per heavy atom. The van der Waals surface area contributed by atoms with Crippen LogP contribution in [0.2, 0.25) is 0 Å². The zero-order valence-corrected chi connectivity index (χ0v) is 19.0. The van der Waals surface area contributed by atoms with E-state index in [1.165, 1.54) is 11.8 Å². The van der Waals surface area contributed by atoms with Crippen LogP contribution in [0.1, 0.15) is 16.2 Å². The van der Waals surface area contributed by atoms with E-state index < -0.39 is 0 Å². The van der Waals surface area contributed by atoms with Crippen molar-refractivity contribution in [1.29, 1.82) is 0 Å². The second-order valence-corrected chi connectivity index (χ2v) is 8.20. The zero-order valence-electron chi connectivity index (χ0n) is 18.1. The summed E-state index contributed by atoms with van der Waals surface area (Å²) in [6.45, 7) is 1.83. The number of nitrogens with zero attached hydrogens (tertiary/aromatic N) is 4. The highest BCUT2D eigenvalue weighted by molar-refractivity contribution is 7.99. The van der Waals surface area contributed by atoms with E-state index in [2.05, 4.69) is 25.6 Å². The fraction of sp³-hybridized carbons (Fsp3) is 0.125. The number of imidazole rings is 1. The number of hydrogen-bond donors (Lipinski definition) is 2. The van der Waals surface area contributed by atoms with E-state index in [1.807, 2.05) is 55.1 Å². The average molecular weight is 459 g/mol. The van der Waals surface area contributed by atoms with Gasteiger partial charge in [0.15, 0.2) is 5.16 Å². The number of carbonyl (C=O) groups is 2. The molecule has 0 aliphatic heterocycles. The number of carbonyl (C=O) groups excluding carboxylic acids is 2. The molecule has 2 N–H and O–H groups in total. The van der Waals surface area contributed by atoms with E-state index in [9.17, 15) is 9.59 Å². The van der Waals surface area contributed by atoms with Crippen molar-refractivity contribution in [2.24, 2.45) is 7.05 Å². The van der Waals surface area contributed by atoms with Crippen LogP contribution in [0.5, 0.6) is 0 Å². The number of rotatable bonds is 7. The van der Waals surface area contributed by atoms with Gasteiger partial charge < -0.3 is 15.2 Å². The third-order valence-electron chi connectivity index (χ3n) is 4.73. The molecule has 4 aromatic rings. The number of thioether (sulfide) groups is 1. The molecule has 2 amide bonds. The smallest absolute Gasteiger partial charge is 0.255 e. The van der Waals surface area contributed by atoms with Crippen LogP contribution in [-0.2, 0) is 11.8 Å². The Morgan fingerprint density at radius 1 is 0.970 bits per heavy atom. The minimum absolute atomic E-state index is 0.142. The van der Waals surface area contributed by atoms with Gasteiger partial charge in [0.2, 0.25) is 5.91 Å². The van der Waals surface area contributed by atoms with Crippen LogP contribution in [0, 0.1) is 6.92 Å². The molecule has 0 saturated carbocycles. The molecule has 0 aliphatic rings. The van der Waals surface area contributed by atoms with Crippen molar-refractivity contribution >= 4 is 35.0 Å². The highest BCUT2D eigenvalue weighted by Gasteiger charge is 2.10. The number of anilines is 2. The Balaban J connectivity index is 1.35. The molecule has 2 heterocycles. The molecule has 0 atom stereocenters. The van der Waals surface area contributed by atoms with Gasteiger partial charge in [-0.1, -0.05) is 23.9 Å². The molecular weight excluding hydrogens is 436 g/mol. The molecule has 0 unspecified atom stereocenters. The van der Waals surface area contributed by atoms with E-state index >= 15 is 0 Å². The lowest BCUT2D eigenvalue weighted by molar-refractivity contribution is -0.113. The number of nitrogens with one attached hydrogen (secondary N) is 2. The lowest BCUT2D eigenvalue weighted by atomic mass is 10.1. The summed E-state index contributed by atoms with van der Waals surface area (Å²) in [4.78, 5) is 37.6. The minimum atomic E-state index is -0.241. The SMILES string of the molecule is Cc1nccc(-c2cccc(NC(=O)c3ccc(NC(=O)CSc4nccn4C)cc3)c2)n1. The third-order valence-corrected chi connectivity index (χ3v) is 5.79. The van der Waals surface area contributed by atoms with Crippen LogP contribution in [0.3, 0.4) is 0 Å². The first-order valence-corrected chi connectivity index (χ1v) is 11.2. The van der Waals surface area contributed by atoms with Crippen LogP contribution in [-0.4, -0.2) is 37.1 Å². The summed E-state index contributed by atoms with van der Waals surface area (Å²) in [7, 11) is 1.88. The molecule has 0 radical (unpaired) electrons. The number of amides is 2. The van der Waals surface area contributed by atoms with Gasteiger partial charge in [0, 0.05) is 48.1 Å². The van der Waals surface area contributed by atoms with Crippen molar-refractivity contribution in [2.75, 3.05) is 16.4 Å². The van der Waals surface area contributed by atoms with Gasteiger partial charge in [-0.2, -0.15) is 0 Å². The largest absolute Gasteiger partial charge is 0.329 e. The molecule has 0 aliphatic carbocycles. The summed E-state index contributed by atoms with van der Waals surface area (Å²) < 4.78 is 1.86. The average Bonchev–Trinajstić information content (AvgIpc) is 3.23. The standard InChI is InChI=1S/C24H22N6O2S/c1-16-25-11-10-21(27-16)18-4-3-5-20(14-18)29-23(32)17-6-8-19(9-7-17)28-22(31)15-33-24-26-12-13-30(24)2/h3-14H,15H2,1-2H3,(H,28,31)(H,29,32).